The van der Waals surface area contributed by atoms with Crippen molar-refractivity contribution in [3.05, 3.63) is 35.6 Å². The van der Waals surface area contributed by atoms with Crippen LogP contribution in [0.15, 0.2) is 24.3 Å². The summed E-state index contributed by atoms with van der Waals surface area (Å²) in [5, 5.41) is 0. The van der Waals surface area contributed by atoms with Crippen LogP contribution >= 0.6 is 0 Å². The Hall–Kier alpha value is -1.50. The lowest BCUT2D eigenvalue weighted by atomic mass is 9.84. The molecule has 3 aliphatic rings. The molecule has 0 saturated carbocycles. The van der Waals surface area contributed by atoms with Crippen molar-refractivity contribution in [2.75, 3.05) is 39.5 Å². The number of ether oxygens (including phenoxy) is 3. The number of nitrogens with zero attached hydrogens (tertiary/aromatic N) is 1. The summed E-state index contributed by atoms with van der Waals surface area (Å²) in [6.07, 6.45) is 3.61. The number of benzene rings is 1. The number of hydrogen-bond acceptors (Lipinski definition) is 4. The topological polar surface area (TPSA) is 48.0 Å². The Bertz CT molecular complexity index is 655. The van der Waals surface area contributed by atoms with E-state index in [1.165, 1.54) is 12.1 Å². The molecule has 1 atom stereocenters. The maximum Gasteiger partial charge on any atom is 0.226 e. The molecule has 148 valence electrons. The van der Waals surface area contributed by atoms with Crippen molar-refractivity contribution in [1.82, 2.24) is 4.90 Å². The number of amides is 1. The first-order valence-electron chi connectivity index (χ1n) is 9.96. The summed E-state index contributed by atoms with van der Waals surface area (Å²) >= 11 is 0. The average Bonchev–Trinajstić information content (AvgIpc) is 3.09. The molecule has 1 aromatic rings. The quantitative estimate of drug-likeness (QED) is 0.716. The van der Waals surface area contributed by atoms with E-state index in [4.69, 9.17) is 14.2 Å². The number of hydrogen-bond donors (Lipinski definition) is 0. The van der Waals surface area contributed by atoms with Gasteiger partial charge in [0.1, 0.15) is 11.4 Å². The van der Waals surface area contributed by atoms with Crippen LogP contribution in [-0.2, 0) is 25.6 Å². The van der Waals surface area contributed by atoms with E-state index in [0.717, 1.165) is 50.9 Å². The summed E-state index contributed by atoms with van der Waals surface area (Å²) in [4.78, 5) is 14.5. The normalized spacial score (nSPS) is 24.9. The predicted octanol–water partition coefficient (Wildman–Crippen LogP) is 2.78. The van der Waals surface area contributed by atoms with Crippen LogP contribution < -0.4 is 0 Å². The Labute approximate surface area is 159 Å². The van der Waals surface area contributed by atoms with Gasteiger partial charge in [0.2, 0.25) is 5.91 Å². The second kappa shape index (κ2) is 8.25. The fourth-order valence-corrected chi connectivity index (χ4v) is 4.42. The second-order valence-corrected chi connectivity index (χ2v) is 8.12. The highest BCUT2D eigenvalue weighted by Gasteiger charge is 2.51. The third-order valence-electron chi connectivity index (χ3n) is 5.95. The van der Waals surface area contributed by atoms with Gasteiger partial charge in [0, 0.05) is 25.7 Å². The summed E-state index contributed by atoms with van der Waals surface area (Å²) in [7, 11) is 0. The first kappa shape index (κ1) is 18.8. The molecule has 0 aliphatic carbocycles. The van der Waals surface area contributed by atoms with Gasteiger partial charge in [-0.2, -0.15) is 0 Å². The lowest BCUT2D eigenvalue weighted by molar-refractivity contribution is -0.164. The van der Waals surface area contributed by atoms with Gasteiger partial charge in [-0.15, -0.1) is 0 Å². The molecule has 0 radical (unpaired) electrons. The zero-order valence-corrected chi connectivity index (χ0v) is 15.7. The van der Waals surface area contributed by atoms with E-state index in [-0.39, 0.29) is 23.2 Å². The maximum atomic E-state index is 13.2. The molecule has 1 aromatic carbocycles. The highest BCUT2D eigenvalue weighted by molar-refractivity contribution is 5.80. The van der Waals surface area contributed by atoms with Gasteiger partial charge in [-0.1, -0.05) is 12.1 Å². The minimum atomic E-state index is -0.230. The van der Waals surface area contributed by atoms with Crippen LogP contribution in [0.25, 0.3) is 0 Å². The van der Waals surface area contributed by atoms with Gasteiger partial charge >= 0.3 is 0 Å². The molecular weight excluding hydrogens is 349 g/mol. The summed E-state index contributed by atoms with van der Waals surface area (Å²) < 4.78 is 30.3. The number of rotatable bonds is 6. The van der Waals surface area contributed by atoms with E-state index in [1.54, 1.807) is 6.07 Å². The Balaban J connectivity index is 1.15. The smallest absolute Gasteiger partial charge is 0.226 e. The van der Waals surface area contributed by atoms with Crippen LogP contribution in [0.5, 0.6) is 0 Å². The Kier molecular flexibility index (Phi) is 5.76. The number of carbonyl (C=O) groups is 1. The zero-order valence-electron chi connectivity index (χ0n) is 15.7. The Morgan fingerprint density at radius 1 is 1.30 bits per heavy atom. The zero-order chi connectivity index (χ0) is 18.7. The number of carbonyl (C=O) groups excluding carboxylic acids is 1. The van der Waals surface area contributed by atoms with Gasteiger partial charge in [-0.25, -0.2) is 4.39 Å². The lowest BCUT2D eigenvalue weighted by Crippen LogP contribution is -2.64. The molecule has 1 unspecified atom stereocenters. The van der Waals surface area contributed by atoms with Gasteiger partial charge in [-0.3, -0.25) is 4.79 Å². The molecule has 3 heterocycles. The Morgan fingerprint density at radius 2 is 2.11 bits per heavy atom. The van der Waals surface area contributed by atoms with E-state index < -0.39 is 0 Å². The van der Waals surface area contributed by atoms with E-state index in [9.17, 15) is 9.18 Å². The lowest BCUT2D eigenvalue weighted by Gasteiger charge is -2.48. The first-order chi connectivity index (χ1) is 13.1. The third kappa shape index (κ3) is 4.50. The van der Waals surface area contributed by atoms with E-state index in [2.05, 4.69) is 0 Å². The van der Waals surface area contributed by atoms with Crippen LogP contribution in [-0.4, -0.2) is 55.9 Å². The van der Waals surface area contributed by atoms with Crippen LogP contribution in [0.2, 0.25) is 0 Å². The van der Waals surface area contributed by atoms with Gasteiger partial charge < -0.3 is 19.1 Å². The largest absolute Gasteiger partial charge is 0.381 e. The molecule has 0 N–H and O–H groups in total. The summed E-state index contributed by atoms with van der Waals surface area (Å²) in [6.45, 7) is 4.67. The molecule has 0 bridgehead atoms. The summed E-state index contributed by atoms with van der Waals surface area (Å²) in [6, 6.07) is 6.52. The summed E-state index contributed by atoms with van der Waals surface area (Å²) in [5.41, 5.74) is 0.726. The van der Waals surface area contributed by atoms with Gasteiger partial charge in [0.05, 0.1) is 26.3 Å². The highest BCUT2D eigenvalue weighted by Crippen LogP contribution is 2.40. The molecule has 5 nitrogen and oxygen atoms in total. The SMILES string of the molecule is O=C(C1CCOCC1)N1CC2(CC(CCOCc3cccc(F)c3)CO2)C1. The van der Waals surface area contributed by atoms with Gasteiger partial charge in [-0.05, 0) is 49.3 Å². The molecule has 3 aliphatic heterocycles. The molecule has 1 spiro atoms. The molecule has 1 amide bonds. The fraction of sp³-hybridized carbons (Fsp3) is 0.667. The second-order valence-electron chi connectivity index (χ2n) is 8.12. The van der Waals surface area contributed by atoms with Crippen molar-refractivity contribution < 1.29 is 23.4 Å². The van der Waals surface area contributed by atoms with Crippen molar-refractivity contribution >= 4 is 5.91 Å². The van der Waals surface area contributed by atoms with Gasteiger partial charge in [0.25, 0.3) is 0 Å². The molecular formula is C21H28FNO4. The molecule has 27 heavy (non-hydrogen) atoms. The van der Waals surface area contributed by atoms with E-state index >= 15 is 0 Å². The average molecular weight is 377 g/mol. The van der Waals surface area contributed by atoms with Crippen molar-refractivity contribution in [3.8, 4) is 0 Å². The first-order valence-corrected chi connectivity index (χ1v) is 9.96. The third-order valence-corrected chi connectivity index (χ3v) is 5.95. The number of likely N-dealkylation sites (tertiary alicyclic amines) is 1. The van der Waals surface area contributed by atoms with Crippen molar-refractivity contribution in [3.63, 3.8) is 0 Å². The monoisotopic (exact) mass is 377 g/mol. The molecule has 3 fully saturated rings. The van der Waals surface area contributed by atoms with Crippen LogP contribution in [0.4, 0.5) is 4.39 Å². The van der Waals surface area contributed by atoms with Crippen LogP contribution in [0, 0.1) is 17.7 Å². The predicted molar refractivity (Wildman–Crippen MR) is 97.6 cm³/mol. The highest BCUT2D eigenvalue weighted by atomic mass is 19.1. The Morgan fingerprint density at radius 3 is 2.89 bits per heavy atom. The standard InChI is InChI=1S/C21H28FNO4/c22-19-3-1-2-16(10-19)12-26-7-4-17-11-21(27-13-17)14-23(15-21)20(24)18-5-8-25-9-6-18/h1-3,10,17-18H,4-9,11-15H2. The van der Waals surface area contributed by atoms with Gasteiger partial charge in [0.15, 0.2) is 0 Å². The minimum Gasteiger partial charge on any atom is -0.381 e. The van der Waals surface area contributed by atoms with E-state index in [0.29, 0.717) is 32.3 Å². The fourth-order valence-electron chi connectivity index (χ4n) is 4.42. The number of halogens is 1. The molecule has 0 aromatic heterocycles. The van der Waals surface area contributed by atoms with Crippen molar-refractivity contribution in [2.24, 2.45) is 11.8 Å². The maximum absolute atomic E-state index is 13.2. The molecule has 6 heteroatoms. The van der Waals surface area contributed by atoms with Crippen LogP contribution in [0.3, 0.4) is 0 Å². The molecule has 3 saturated heterocycles. The summed E-state index contributed by atoms with van der Waals surface area (Å²) in [5.74, 6) is 0.642. The van der Waals surface area contributed by atoms with E-state index in [1.807, 2.05) is 11.0 Å². The molecule has 4 rings (SSSR count). The van der Waals surface area contributed by atoms with Crippen molar-refractivity contribution in [1.29, 1.82) is 0 Å². The minimum absolute atomic E-state index is 0.129. The van der Waals surface area contributed by atoms with Crippen LogP contribution in [0.1, 0.15) is 31.2 Å². The van der Waals surface area contributed by atoms with Crippen molar-refractivity contribution in [2.45, 2.75) is 37.9 Å².